The number of hydrogen-bond acceptors (Lipinski definition) is 4. The summed E-state index contributed by atoms with van der Waals surface area (Å²) in [6.45, 7) is 0. The molecule has 1 aromatic carbocycles. The SMILES string of the molecule is O=Cc1cc([N+](=O)[O-])cc(F)c1/C=C/C(=O)O. The number of aliphatic carboxylic acids is 1. The Kier molecular flexibility index (Phi) is 3.66. The molecule has 7 heteroatoms. The summed E-state index contributed by atoms with van der Waals surface area (Å²) in [6, 6.07) is 1.49. The van der Waals surface area contributed by atoms with Crippen LogP contribution in [0.4, 0.5) is 10.1 Å². The quantitative estimate of drug-likeness (QED) is 0.373. The molecule has 0 amide bonds. The van der Waals surface area contributed by atoms with Gasteiger partial charge < -0.3 is 5.11 Å². The molecule has 1 rings (SSSR count). The monoisotopic (exact) mass is 239 g/mol. The molecule has 0 fully saturated rings. The molecule has 0 aliphatic carbocycles. The number of benzene rings is 1. The molecule has 0 aliphatic heterocycles. The lowest BCUT2D eigenvalue weighted by Gasteiger charge is -2.01. The van der Waals surface area contributed by atoms with Crippen LogP contribution in [0.1, 0.15) is 15.9 Å². The Morgan fingerprint density at radius 2 is 2.12 bits per heavy atom. The molecule has 6 nitrogen and oxygen atoms in total. The third-order valence-electron chi connectivity index (χ3n) is 1.88. The van der Waals surface area contributed by atoms with Crippen LogP contribution in [0.3, 0.4) is 0 Å². The first-order valence-corrected chi connectivity index (χ1v) is 4.30. The van der Waals surface area contributed by atoms with Crippen molar-refractivity contribution in [3.63, 3.8) is 0 Å². The molecular formula is C10H6FNO5. The fraction of sp³-hybridized carbons (Fsp3) is 0. The number of carbonyl (C=O) groups is 2. The molecule has 0 aromatic heterocycles. The van der Waals surface area contributed by atoms with Gasteiger partial charge in [0.25, 0.3) is 5.69 Å². The van der Waals surface area contributed by atoms with Gasteiger partial charge in [0.05, 0.1) is 11.0 Å². The number of hydrogen-bond donors (Lipinski definition) is 1. The number of carbonyl (C=O) groups excluding carboxylic acids is 1. The minimum absolute atomic E-state index is 0.220. The smallest absolute Gasteiger partial charge is 0.328 e. The molecule has 0 atom stereocenters. The van der Waals surface area contributed by atoms with E-state index in [4.69, 9.17) is 5.11 Å². The summed E-state index contributed by atoms with van der Waals surface area (Å²) in [5.74, 6) is -2.35. The maximum atomic E-state index is 13.4. The second-order valence-corrected chi connectivity index (χ2v) is 2.98. The van der Waals surface area contributed by atoms with E-state index in [0.29, 0.717) is 12.1 Å². The van der Waals surface area contributed by atoms with Crippen LogP contribution in [0.5, 0.6) is 0 Å². The summed E-state index contributed by atoms with van der Waals surface area (Å²) in [5, 5.41) is 18.8. The van der Waals surface area contributed by atoms with E-state index in [-0.39, 0.29) is 17.4 Å². The second-order valence-electron chi connectivity index (χ2n) is 2.98. The van der Waals surface area contributed by atoms with Gasteiger partial charge >= 0.3 is 5.97 Å². The van der Waals surface area contributed by atoms with Gasteiger partial charge in [-0.15, -0.1) is 0 Å². The van der Waals surface area contributed by atoms with Crippen molar-refractivity contribution in [2.75, 3.05) is 0 Å². The molecule has 88 valence electrons. The standard InChI is InChI=1S/C10H6FNO5/c11-9-4-7(12(16)17)3-6(5-13)8(9)1-2-10(14)15/h1-5H,(H,14,15)/b2-1+. The van der Waals surface area contributed by atoms with E-state index in [9.17, 15) is 24.1 Å². The summed E-state index contributed by atoms with van der Waals surface area (Å²) < 4.78 is 13.4. The molecule has 0 heterocycles. The van der Waals surface area contributed by atoms with E-state index in [1.54, 1.807) is 0 Å². The number of aldehydes is 1. The minimum Gasteiger partial charge on any atom is -0.478 e. The van der Waals surface area contributed by atoms with Crippen LogP contribution in [0.2, 0.25) is 0 Å². The largest absolute Gasteiger partial charge is 0.478 e. The number of nitro groups is 1. The molecule has 0 saturated heterocycles. The number of non-ortho nitro benzene ring substituents is 1. The topological polar surface area (TPSA) is 97.5 Å². The van der Waals surface area contributed by atoms with Crippen LogP contribution in [0, 0.1) is 15.9 Å². The van der Waals surface area contributed by atoms with Crippen molar-refractivity contribution in [2.45, 2.75) is 0 Å². The maximum absolute atomic E-state index is 13.4. The van der Waals surface area contributed by atoms with E-state index < -0.39 is 22.4 Å². The van der Waals surface area contributed by atoms with Crippen LogP contribution in [0.15, 0.2) is 18.2 Å². The van der Waals surface area contributed by atoms with Crippen molar-refractivity contribution in [1.82, 2.24) is 0 Å². The Labute approximate surface area is 94.1 Å². The second kappa shape index (κ2) is 4.97. The molecule has 1 aromatic rings. The number of nitrogens with zero attached hydrogens (tertiary/aromatic N) is 1. The predicted octanol–water partition coefficient (Wildman–Crippen LogP) is 1.64. The van der Waals surface area contributed by atoms with Crippen molar-refractivity contribution in [3.05, 3.63) is 45.3 Å². The lowest BCUT2D eigenvalue weighted by atomic mass is 10.1. The van der Waals surface area contributed by atoms with Crippen LogP contribution >= 0.6 is 0 Å². The van der Waals surface area contributed by atoms with Crippen molar-refractivity contribution < 1.29 is 24.0 Å². The number of rotatable bonds is 4. The third-order valence-corrected chi connectivity index (χ3v) is 1.88. The summed E-state index contributed by atoms with van der Waals surface area (Å²) in [7, 11) is 0. The lowest BCUT2D eigenvalue weighted by molar-refractivity contribution is -0.385. The van der Waals surface area contributed by atoms with Crippen LogP contribution in [-0.4, -0.2) is 22.3 Å². The van der Waals surface area contributed by atoms with Crippen LogP contribution < -0.4 is 0 Å². The number of nitro benzene ring substituents is 1. The van der Waals surface area contributed by atoms with Crippen molar-refractivity contribution in [2.24, 2.45) is 0 Å². The highest BCUT2D eigenvalue weighted by Crippen LogP contribution is 2.21. The zero-order chi connectivity index (χ0) is 13.0. The number of carboxylic acid groups (broad SMARTS) is 1. The summed E-state index contributed by atoms with van der Waals surface area (Å²) in [4.78, 5) is 30.4. The molecule has 0 bridgehead atoms. The van der Waals surface area contributed by atoms with Gasteiger partial charge in [-0.25, -0.2) is 9.18 Å². The highest BCUT2D eigenvalue weighted by molar-refractivity contribution is 5.89. The van der Waals surface area contributed by atoms with Gasteiger partial charge in [0, 0.05) is 23.3 Å². The normalized spacial score (nSPS) is 10.4. The Bertz CT molecular complexity index is 524. The predicted molar refractivity (Wildman–Crippen MR) is 55.1 cm³/mol. The van der Waals surface area contributed by atoms with Crippen LogP contribution in [0.25, 0.3) is 6.08 Å². The first kappa shape index (κ1) is 12.5. The Morgan fingerprint density at radius 1 is 1.47 bits per heavy atom. The average Bonchev–Trinajstić information content (AvgIpc) is 2.25. The van der Waals surface area contributed by atoms with Gasteiger partial charge in [-0.2, -0.15) is 0 Å². The fourth-order valence-corrected chi connectivity index (χ4v) is 1.16. The zero-order valence-electron chi connectivity index (χ0n) is 8.29. The summed E-state index contributed by atoms with van der Waals surface area (Å²) in [6.07, 6.45) is 1.72. The van der Waals surface area contributed by atoms with E-state index >= 15 is 0 Å². The molecular weight excluding hydrogens is 233 g/mol. The van der Waals surface area contributed by atoms with Gasteiger partial charge in [-0.1, -0.05) is 0 Å². The Hall–Kier alpha value is -2.57. The first-order valence-electron chi connectivity index (χ1n) is 4.30. The van der Waals surface area contributed by atoms with Crippen molar-refractivity contribution in [3.8, 4) is 0 Å². The molecule has 0 spiro atoms. The van der Waals surface area contributed by atoms with Crippen molar-refractivity contribution >= 4 is 24.0 Å². The highest BCUT2D eigenvalue weighted by atomic mass is 19.1. The molecule has 1 N–H and O–H groups in total. The molecule has 0 radical (unpaired) electrons. The van der Waals surface area contributed by atoms with Gasteiger partial charge in [-0.3, -0.25) is 14.9 Å². The van der Waals surface area contributed by atoms with Gasteiger partial charge in [0.15, 0.2) is 6.29 Å². The highest BCUT2D eigenvalue weighted by Gasteiger charge is 2.14. The zero-order valence-corrected chi connectivity index (χ0v) is 8.29. The number of carboxylic acids is 1. The average molecular weight is 239 g/mol. The van der Waals surface area contributed by atoms with E-state index in [1.165, 1.54) is 0 Å². The molecule has 0 unspecified atom stereocenters. The minimum atomic E-state index is -1.32. The van der Waals surface area contributed by atoms with E-state index in [0.717, 1.165) is 12.1 Å². The first-order chi connectivity index (χ1) is 7.95. The van der Waals surface area contributed by atoms with Gasteiger partial charge in [-0.05, 0) is 6.08 Å². The van der Waals surface area contributed by atoms with E-state index in [1.807, 2.05) is 0 Å². The summed E-state index contributed by atoms with van der Waals surface area (Å²) >= 11 is 0. The number of halogens is 1. The lowest BCUT2D eigenvalue weighted by Crippen LogP contribution is -1.97. The van der Waals surface area contributed by atoms with Crippen LogP contribution in [-0.2, 0) is 4.79 Å². The molecule has 0 saturated carbocycles. The Morgan fingerprint density at radius 3 is 2.59 bits per heavy atom. The molecule has 17 heavy (non-hydrogen) atoms. The van der Waals surface area contributed by atoms with E-state index in [2.05, 4.69) is 0 Å². The fourth-order valence-electron chi connectivity index (χ4n) is 1.16. The molecule has 0 aliphatic rings. The third kappa shape index (κ3) is 2.94. The maximum Gasteiger partial charge on any atom is 0.328 e. The Balaban J connectivity index is 3.35. The van der Waals surface area contributed by atoms with Gasteiger partial charge in [0.2, 0.25) is 0 Å². The van der Waals surface area contributed by atoms with Crippen molar-refractivity contribution in [1.29, 1.82) is 0 Å². The van der Waals surface area contributed by atoms with Gasteiger partial charge in [0.1, 0.15) is 5.82 Å². The summed E-state index contributed by atoms with van der Waals surface area (Å²) in [5.41, 5.74) is -1.15.